The SMILES string of the molecule is Cc1ccc(F)c2c1N(C(=O)c1cc(Cl)nc(Cl)c1)CCC2. The highest BCUT2D eigenvalue weighted by Crippen LogP contribution is 2.33. The molecule has 1 aliphatic heterocycles. The first kappa shape index (κ1) is 15.3. The lowest BCUT2D eigenvalue weighted by molar-refractivity contribution is 0.0984. The maximum absolute atomic E-state index is 14.0. The van der Waals surface area contributed by atoms with E-state index in [1.807, 2.05) is 6.92 Å². The van der Waals surface area contributed by atoms with Crippen molar-refractivity contribution in [1.29, 1.82) is 0 Å². The van der Waals surface area contributed by atoms with Crippen molar-refractivity contribution in [1.82, 2.24) is 4.98 Å². The molecule has 22 heavy (non-hydrogen) atoms. The van der Waals surface area contributed by atoms with Crippen molar-refractivity contribution in [3.63, 3.8) is 0 Å². The Balaban J connectivity index is 2.07. The molecule has 0 spiro atoms. The molecule has 3 nitrogen and oxygen atoms in total. The maximum Gasteiger partial charge on any atom is 0.258 e. The van der Waals surface area contributed by atoms with E-state index in [2.05, 4.69) is 4.98 Å². The quantitative estimate of drug-likeness (QED) is 0.720. The summed E-state index contributed by atoms with van der Waals surface area (Å²) in [5.41, 5.74) is 2.46. The van der Waals surface area contributed by atoms with Crippen molar-refractivity contribution in [2.24, 2.45) is 0 Å². The summed E-state index contributed by atoms with van der Waals surface area (Å²) in [6.45, 7) is 2.41. The summed E-state index contributed by atoms with van der Waals surface area (Å²) in [5.74, 6) is -0.523. The number of carbonyl (C=O) groups excluding carboxylic acids is 1. The van der Waals surface area contributed by atoms with Crippen LogP contribution in [0.15, 0.2) is 24.3 Å². The molecule has 114 valence electrons. The molecule has 2 aromatic rings. The number of nitrogens with zero attached hydrogens (tertiary/aromatic N) is 2. The lowest BCUT2D eigenvalue weighted by atomic mass is 9.97. The van der Waals surface area contributed by atoms with Gasteiger partial charge < -0.3 is 4.90 Å². The number of hydrogen-bond acceptors (Lipinski definition) is 2. The van der Waals surface area contributed by atoms with Crippen LogP contribution < -0.4 is 4.90 Å². The van der Waals surface area contributed by atoms with Crippen LogP contribution in [0.5, 0.6) is 0 Å². The summed E-state index contributed by atoms with van der Waals surface area (Å²) < 4.78 is 14.0. The lowest BCUT2D eigenvalue weighted by Crippen LogP contribution is -2.36. The van der Waals surface area contributed by atoms with E-state index in [4.69, 9.17) is 23.2 Å². The fraction of sp³-hybridized carbons (Fsp3) is 0.250. The van der Waals surface area contributed by atoms with Crippen LogP contribution >= 0.6 is 23.2 Å². The van der Waals surface area contributed by atoms with Gasteiger partial charge in [-0.25, -0.2) is 9.37 Å². The van der Waals surface area contributed by atoms with E-state index in [1.54, 1.807) is 11.0 Å². The fourth-order valence-corrected chi connectivity index (χ4v) is 3.28. The number of rotatable bonds is 1. The Labute approximate surface area is 137 Å². The molecular formula is C16H13Cl2FN2O. The molecule has 1 aromatic heterocycles. The van der Waals surface area contributed by atoms with Crippen molar-refractivity contribution in [2.75, 3.05) is 11.4 Å². The van der Waals surface area contributed by atoms with Gasteiger partial charge in [-0.15, -0.1) is 0 Å². The van der Waals surface area contributed by atoms with Crippen LogP contribution in [0.25, 0.3) is 0 Å². The molecule has 3 rings (SSSR count). The van der Waals surface area contributed by atoms with Crippen LogP contribution in [0.4, 0.5) is 10.1 Å². The van der Waals surface area contributed by atoms with Gasteiger partial charge in [-0.2, -0.15) is 0 Å². The Bertz CT molecular complexity index is 744. The third-order valence-electron chi connectivity index (χ3n) is 3.76. The lowest BCUT2D eigenvalue weighted by Gasteiger charge is -2.31. The Kier molecular flexibility index (Phi) is 4.06. The third-order valence-corrected chi connectivity index (χ3v) is 4.15. The number of benzene rings is 1. The zero-order valence-electron chi connectivity index (χ0n) is 11.9. The second kappa shape index (κ2) is 5.86. The summed E-state index contributed by atoms with van der Waals surface area (Å²) in [5, 5.41) is 0.313. The molecule has 6 heteroatoms. The van der Waals surface area contributed by atoms with Gasteiger partial charge in [0.25, 0.3) is 5.91 Å². The Morgan fingerprint density at radius 2 is 1.95 bits per heavy atom. The largest absolute Gasteiger partial charge is 0.308 e. The first-order valence-electron chi connectivity index (χ1n) is 6.90. The highest BCUT2D eigenvalue weighted by atomic mass is 35.5. The third kappa shape index (κ3) is 2.69. The standard InChI is InChI=1S/C16H13Cl2FN2O/c1-9-4-5-12(19)11-3-2-6-21(15(9)11)16(22)10-7-13(17)20-14(18)8-10/h4-5,7-8H,2-3,6H2,1H3. The zero-order chi connectivity index (χ0) is 15.9. The second-order valence-corrected chi connectivity index (χ2v) is 6.03. The maximum atomic E-state index is 14.0. The number of aryl methyl sites for hydroxylation is 1. The molecule has 0 radical (unpaired) electrons. The van der Waals surface area contributed by atoms with E-state index >= 15 is 0 Å². The van der Waals surface area contributed by atoms with Crippen LogP contribution in [-0.4, -0.2) is 17.4 Å². The zero-order valence-corrected chi connectivity index (χ0v) is 13.4. The summed E-state index contributed by atoms with van der Waals surface area (Å²) in [4.78, 5) is 18.2. The van der Waals surface area contributed by atoms with E-state index in [1.165, 1.54) is 18.2 Å². The van der Waals surface area contributed by atoms with Gasteiger partial charge in [-0.1, -0.05) is 29.3 Å². The molecule has 0 N–H and O–H groups in total. The van der Waals surface area contributed by atoms with Crippen LogP contribution in [0.3, 0.4) is 0 Å². The number of halogens is 3. The molecule has 1 aliphatic rings. The Hall–Kier alpha value is -1.65. The highest BCUT2D eigenvalue weighted by Gasteiger charge is 2.27. The number of aromatic nitrogens is 1. The van der Waals surface area contributed by atoms with Gasteiger partial charge >= 0.3 is 0 Å². The molecule has 0 fully saturated rings. The first-order valence-corrected chi connectivity index (χ1v) is 7.66. The van der Waals surface area contributed by atoms with Crippen LogP contribution in [0.2, 0.25) is 10.3 Å². The summed E-state index contributed by atoms with van der Waals surface area (Å²) in [6.07, 6.45) is 1.34. The fourth-order valence-electron chi connectivity index (χ4n) is 2.82. The molecule has 0 aliphatic carbocycles. The van der Waals surface area contributed by atoms with Crippen molar-refractivity contribution in [3.8, 4) is 0 Å². The van der Waals surface area contributed by atoms with Crippen LogP contribution in [-0.2, 0) is 6.42 Å². The van der Waals surface area contributed by atoms with E-state index in [-0.39, 0.29) is 22.0 Å². The molecule has 0 saturated carbocycles. The van der Waals surface area contributed by atoms with Gasteiger partial charge in [0.2, 0.25) is 0 Å². The minimum Gasteiger partial charge on any atom is -0.308 e. The predicted octanol–water partition coefficient (Wildman–Crippen LogP) is 4.43. The highest BCUT2D eigenvalue weighted by molar-refractivity contribution is 6.33. The Morgan fingerprint density at radius 3 is 2.64 bits per heavy atom. The van der Waals surface area contributed by atoms with Crippen molar-refractivity contribution < 1.29 is 9.18 Å². The van der Waals surface area contributed by atoms with Crippen molar-refractivity contribution >= 4 is 34.8 Å². The summed E-state index contributed by atoms with van der Waals surface area (Å²) >= 11 is 11.7. The average molecular weight is 339 g/mol. The number of amides is 1. The van der Waals surface area contributed by atoms with Crippen molar-refractivity contribution in [3.05, 3.63) is 57.1 Å². The van der Waals surface area contributed by atoms with E-state index in [0.717, 1.165) is 5.56 Å². The molecule has 0 bridgehead atoms. The number of hydrogen-bond donors (Lipinski definition) is 0. The summed E-state index contributed by atoms with van der Waals surface area (Å²) in [6, 6.07) is 6.08. The topological polar surface area (TPSA) is 33.2 Å². The van der Waals surface area contributed by atoms with Crippen LogP contribution in [0.1, 0.15) is 27.9 Å². The van der Waals surface area contributed by atoms with Gasteiger partial charge in [-0.05, 0) is 43.5 Å². The normalized spacial score (nSPS) is 13.9. The first-order chi connectivity index (χ1) is 10.5. The predicted molar refractivity (Wildman–Crippen MR) is 85.4 cm³/mol. The number of pyridine rings is 1. The van der Waals surface area contributed by atoms with Crippen molar-refractivity contribution in [2.45, 2.75) is 19.8 Å². The van der Waals surface area contributed by atoms with E-state index < -0.39 is 0 Å². The van der Waals surface area contributed by atoms with Gasteiger partial charge in [-0.3, -0.25) is 4.79 Å². The number of fused-ring (bicyclic) bond motifs is 1. The van der Waals surface area contributed by atoms with E-state index in [0.29, 0.717) is 36.2 Å². The molecule has 0 saturated heterocycles. The smallest absolute Gasteiger partial charge is 0.258 e. The number of anilines is 1. The average Bonchev–Trinajstić information content (AvgIpc) is 2.49. The second-order valence-electron chi connectivity index (χ2n) is 5.25. The Morgan fingerprint density at radius 1 is 1.27 bits per heavy atom. The van der Waals surface area contributed by atoms with Gasteiger partial charge in [0, 0.05) is 17.7 Å². The minimum absolute atomic E-state index is 0.157. The monoisotopic (exact) mass is 338 g/mol. The van der Waals surface area contributed by atoms with E-state index in [9.17, 15) is 9.18 Å². The van der Waals surface area contributed by atoms with Crippen LogP contribution in [0, 0.1) is 12.7 Å². The minimum atomic E-state index is -0.274. The number of carbonyl (C=O) groups is 1. The molecule has 2 heterocycles. The van der Waals surface area contributed by atoms with Gasteiger partial charge in [0.15, 0.2) is 0 Å². The molecule has 1 amide bonds. The molecule has 0 atom stereocenters. The molecule has 1 aromatic carbocycles. The summed E-state index contributed by atoms with van der Waals surface area (Å²) in [7, 11) is 0. The van der Waals surface area contributed by atoms with Gasteiger partial charge in [0.05, 0.1) is 5.69 Å². The van der Waals surface area contributed by atoms with Gasteiger partial charge in [0.1, 0.15) is 16.1 Å². The molecule has 0 unspecified atom stereocenters. The molecular weight excluding hydrogens is 326 g/mol.